The maximum Gasteiger partial charge on any atom is 0.227 e. The van der Waals surface area contributed by atoms with Crippen molar-refractivity contribution in [3.8, 4) is 0 Å². The summed E-state index contributed by atoms with van der Waals surface area (Å²) in [6, 6.07) is 16.0. The van der Waals surface area contributed by atoms with Crippen molar-refractivity contribution in [2.45, 2.75) is 51.5 Å². The lowest BCUT2D eigenvalue weighted by molar-refractivity contribution is -0.121. The average molecular weight is 362 g/mol. The molecule has 1 heterocycles. The molecular weight excluding hydrogens is 336 g/mol. The van der Waals surface area contributed by atoms with Crippen LogP contribution in [0.5, 0.6) is 0 Å². The van der Waals surface area contributed by atoms with Crippen LogP contribution < -0.4 is 10.2 Å². The first-order chi connectivity index (χ1) is 13.2. The molecule has 0 radical (unpaired) electrons. The summed E-state index contributed by atoms with van der Waals surface area (Å²) in [6.45, 7) is 0.584. The van der Waals surface area contributed by atoms with Gasteiger partial charge in [0.1, 0.15) is 0 Å². The lowest BCUT2D eigenvalue weighted by Gasteiger charge is -2.30. The molecule has 4 heteroatoms. The number of benzene rings is 2. The van der Waals surface area contributed by atoms with E-state index in [1.165, 1.54) is 6.42 Å². The molecule has 4 rings (SSSR count). The standard InChI is InChI=1S/C23H26N2O2/c26-22-14-11-19-15-20(24-23(27)18-9-5-2-6-10-18)12-13-21(19)25(22)16-17-7-3-1-4-8-17/h1,3-4,7-8,12-13,15,18H,2,5-6,9-11,14,16H2,(H,24,27). The van der Waals surface area contributed by atoms with Crippen molar-refractivity contribution < 1.29 is 9.59 Å². The fourth-order valence-electron chi connectivity index (χ4n) is 4.19. The van der Waals surface area contributed by atoms with Gasteiger partial charge in [-0.3, -0.25) is 9.59 Å². The highest BCUT2D eigenvalue weighted by Gasteiger charge is 2.25. The van der Waals surface area contributed by atoms with Gasteiger partial charge in [-0.15, -0.1) is 0 Å². The zero-order chi connectivity index (χ0) is 18.6. The van der Waals surface area contributed by atoms with Crippen molar-refractivity contribution in [2.75, 3.05) is 10.2 Å². The first-order valence-electron chi connectivity index (χ1n) is 9.99. The third-order valence-electron chi connectivity index (χ3n) is 5.71. The van der Waals surface area contributed by atoms with Crippen molar-refractivity contribution >= 4 is 23.2 Å². The summed E-state index contributed by atoms with van der Waals surface area (Å²) in [7, 11) is 0. The highest BCUT2D eigenvalue weighted by molar-refractivity contribution is 5.98. The summed E-state index contributed by atoms with van der Waals surface area (Å²) in [4.78, 5) is 26.9. The number of anilines is 2. The maximum absolute atomic E-state index is 12.5. The molecule has 2 amide bonds. The van der Waals surface area contributed by atoms with E-state index in [1.807, 2.05) is 53.4 Å². The molecule has 0 spiro atoms. The van der Waals surface area contributed by atoms with Crippen LogP contribution in [0.15, 0.2) is 48.5 Å². The van der Waals surface area contributed by atoms with E-state index in [4.69, 9.17) is 0 Å². The van der Waals surface area contributed by atoms with Crippen molar-refractivity contribution in [1.29, 1.82) is 0 Å². The van der Waals surface area contributed by atoms with Gasteiger partial charge >= 0.3 is 0 Å². The number of amides is 2. The number of nitrogens with zero attached hydrogens (tertiary/aromatic N) is 1. The minimum Gasteiger partial charge on any atom is -0.326 e. The van der Waals surface area contributed by atoms with Crippen molar-refractivity contribution in [3.05, 3.63) is 59.7 Å². The van der Waals surface area contributed by atoms with Crippen LogP contribution in [0.1, 0.15) is 49.7 Å². The number of fused-ring (bicyclic) bond motifs is 1. The SMILES string of the molecule is O=C(Nc1ccc2c(c1)CCC(=O)N2Cc1ccccc1)C1CCCCC1. The number of carbonyl (C=O) groups excluding carboxylic acids is 2. The molecular formula is C23H26N2O2. The van der Waals surface area contributed by atoms with Crippen LogP contribution in [-0.4, -0.2) is 11.8 Å². The molecule has 1 aliphatic carbocycles. The fourth-order valence-corrected chi connectivity index (χ4v) is 4.19. The van der Waals surface area contributed by atoms with Gasteiger partial charge in [0, 0.05) is 23.7 Å². The van der Waals surface area contributed by atoms with E-state index in [9.17, 15) is 9.59 Å². The predicted octanol–water partition coefficient (Wildman–Crippen LogP) is 4.68. The van der Waals surface area contributed by atoms with Crippen LogP contribution in [0.2, 0.25) is 0 Å². The van der Waals surface area contributed by atoms with Gasteiger partial charge in [-0.25, -0.2) is 0 Å². The zero-order valence-electron chi connectivity index (χ0n) is 15.6. The van der Waals surface area contributed by atoms with Gasteiger partial charge < -0.3 is 10.2 Å². The molecule has 1 saturated carbocycles. The van der Waals surface area contributed by atoms with Crippen LogP contribution >= 0.6 is 0 Å². The van der Waals surface area contributed by atoms with E-state index in [2.05, 4.69) is 5.32 Å². The Labute approximate surface area is 160 Å². The van der Waals surface area contributed by atoms with Crippen LogP contribution in [0.25, 0.3) is 0 Å². The highest BCUT2D eigenvalue weighted by atomic mass is 16.2. The van der Waals surface area contributed by atoms with Gasteiger partial charge in [-0.1, -0.05) is 49.6 Å². The summed E-state index contributed by atoms with van der Waals surface area (Å²) in [5, 5.41) is 3.10. The number of hydrogen-bond acceptors (Lipinski definition) is 2. The van der Waals surface area contributed by atoms with Gasteiger partial charge in [-0.05, 0) is 48.6 Å². The molecule has 0 aromatic heterocycles. The third-order valence-corrected chi connectivity index (χ3v) is 5.71. The summed E-state index contributed by atoms with van der Waals surface area (Å²) >= 11 is 0. The van der Waals surface area contributed by atoms with Crippen molar-refractivity contribution in [3.63, 3.8) is 0 Å². The number of aryl methyl sites for hydroxylation is 1. The summed E-state index contributed by atoms with van der Waals surface area (Å²) in [6.07, 6.45) is 6.78. The van der Waals surface area contributed by atoms with E-state index in [-0.39, 0.29) is 17.7 Å². The third kappa shape index (κ3) is 4.05. The Morgan fingerprint density at radius 1 is 1.00 bits per heavy atom. The quantitative estimate of drug-likeness (QED) is 0.858. The van der Waals surface area contributed by atoms with E-state index >= 15 is 0 Å². The molecule has 4 nitrogen and oxygen atoms in total. The molecule has 140 valence electrons. The lowest BCUT2D eigenvalue weighted by atomic mass is 9.88. The Kier molecular flexibility index (Phi) is 5.23. The molecule has 0 unspecified atom stereocenters. The number of rotatable bonds is 4. The minimum atomic E-state index is 0.141. The Hall–Kier alpha value is -2.62. The summed E-state index contributed by atoms with van der Waals surface area (Å²) < 4.78 is 0. The Morgan fingerprint density at radius 2 is 1.78 bits per heavy atom. The monoisotopic (exact) mass is 362 g/mol. The fraction of sp³-hybridized carbons (Fsp3) is 0.391. The van der Waals surface area contributed by atoms with Gasteiger partial charge in [0.05, 0.1) is 6.54 Å². The van der Waals surface area contributed by atoms with Crippen molar-refractivity contribution in [2.24, 2.45) is 5.92 Å². The first-order valence-corrected chi connectivity index (χ1v) is 9.99. The first kappa shape index (κ1) is 17.8. The van der Waals surface area contributed by atoms with Crippen LogP contribution in [0.4, 0.5) is 11.4 Å². The van der Waals surface area contributed by atoms with Crippen LogP contribution in [0, 0.1) is 5.92 Å². The zero-order valence-corrected chi connectivity index (χ0v) is 15.6. The number of nitrogens with one attached hydrogen (secondary N) is 1. The molecule has 1 aliphatic heterocycles. The molecule has 2 aromatic carbocycles. The second kappa shape index (κ2) is 7.95. The molecule has 2 aromatic rings. The van der Waals surface area contributed by atoms with Crippen LogP contribution in [0.3, 0.4) is 0 Å². The normalized spacial score (nSPS) is 17.5. The van der Waals surface area contributed by atoms with Gasteiger partial charge in [-0.2, -0.15) is 0 Å². The molecule has 2 aliphatic rings. The number of hydrogen-bond donors (Lipinski definition) is 1. The predicted molar refractivity (Wildman–Crippen MR) is 108 cm³/mol. The maximum atomic E-state index is 12.5. The van der Waals surface area contributed by atoms with Gasteiger partial charge in [0.25, 0.3) is 0 Å². The molecule has 0 bridgehead atoms. The number of carbonyl (C=O) groups is 2. The van der Waals surface area contributed by atoms with E-state index in [0.29, 0.717) is 13.0 Å². The van der Waals surface area contributed by atoms with Crippen LogP contribution in [-0.2, 0) is 22.6 Å². The summed E-state index contributed by atoms with van der Waals surface area (Å²) in [5.74, 6) is 0.443. The van der Waals surface area contributed by atoms with Crippen molar-refractivity contribution in [1.82, 2.24) is 0 Å². The van der Waals surface area contributed by atoms with Gasteiger partial charge in [0.2, 0.25) is 11.8 Å². The molecule has 1 fully saturated rings. The van der Waals surface area contributed by atoms with E-state index in [0.717, 1.165) is 54.6 Å². The average Bonchev–Trinajstić information content (AvgIpc) is 2.71. The topological polar surface area (TPSA) is 49.4 Å². The van der Waals surface area contributed by atoms with E-state index < -0.39 is 0 Å². The second-order valence-electron chi connectivity index (χ2n) is 7.63. The van der Waals surface area contributed by atoms with E-state index in [1.54, 1.807) is 0 Å². The molecule has 1 N–H and O–H groups in total. The minimum absolute atomic E-state index is 0.141. The highest BCUT2D eigenvalue weighted by Crippen LogP contribution is 2.32. The second-order valence-corrected chi connectivity index (χ2v) is 7.63. The molecule has 0 atom stereocenters. The summed E-state index contributed by atoms with van der Waals surface area (Å²) in [5.41, 5.74) is 4.06. The Bertz CT molecular complexity index is 826. The largest absolute Gasteiger partial charge is 0.326 e. The Morgan fingerprint density at radius 3 is 2.56 bits per heavy atom. The molecule has 0 saturated heterocycles. The lowest BCUT2D eigenvalue weighted by Crippen LogP contribution is -2.34. The molecule has 27 heavy (non-hydrogen) atoms. The Balaban J connectivity index is 1.51. The smallest absolute Gasteiger partial charge is 0.227 e. The van der Waals surface area contributed by atoms with Gasteiger partial charge in [0.15, 0.2) is 0 Å².